The van der Waals surface area contributed by atoms with Gasteiger partial charge in [-0.15, -0.1) is 0 Å². The zero-order valence-electron chi connectivity index (χ0n) is 11.0. The van der Waals surface area contributed by atoms with Gasteiger partial charge in [0.05, 0.1) is 0 Å². The van der Waals surface area contributed by atoms with E-state index in [-0.39, 0.29) is 0 Å². The van der Waals surface area contributed by atoms with Crippen LogP contribution in [0, 0.1) is 0 Å². The standard InChI is InChI=1S/C14H14Cl3N3/c1-2-11-13(17)19-8-20-14(11)18-6-5-9-3-4-10(15)7-12(9)16/h3-4,7-8H,2,5-6H2,1H3,(H,18,19,20). The fraction of sp³-hybridized carbons (Fsp3) is 0.286. The van der Waals surface area contributed by atoms with E-state index in [1.54, 1.807) is 6.07 Å². The van der Waals surface area contributed by atoms with Crippen LogP contribution in [-0.4, -0.2) is 16.5 Å². The quantitative estimate of drug-likeness (QED) is 0.811. The number of nitrogens with zero attached hydrogens (tertiary/aromatic N) is 2. The molecule has 2 rings (SSSR count). The van der Waals surface area contributed by atoms with Gasteiger partial charge in [0.1, 0.15) is 17.3 Å². The van der Waals surface area contributed by atoms with Crippen LogP contribution in [0.5, 0.6) is 0 Å². The van der Waals surface area contributed by atoms with Gasteiger partial charge in [-0.1, -0.05) is 47.8 Å². The first-order valence-electron chi connectivity index (χ1n) is 6.29. The third kappa shape index (κ3) is 3.75. The Kier molecular flexibility index (Phi) is 5.46. The van der Waals surface area contributed by atoms with E-state index < -0.39 is 0 Å². The van der Waals surface area contributed by atoms with Crippen molar-refractivity contribution in [3.05, 3.63) is 50.9 Å². The number of hydrogen-bond acceptors (Lipinski definition) is 3. The van der Waals surface area contributed by atoms with Crippen molar-refractivity contribution in [1.29, 1.82) is 0 Å². The summed E-state index contributed by atoms with van der Waals surface area (Å²) in [4.78, 5) is 8.20. The molecule has 1 heterocycles. The number of anilines is 1. The lowest BCUT2D eigenvalue weighted by Gasteiger charge is -2.11. The molecule has 0 spiro atoms. The minimum absolute atomic E-state index is 0.495. The molecule has 1 aromatic heterocycles. The number of aromatic nitrogens is 2. The Morgan fingerprint density at radius 1 is 1.15 bits per heavy atom. The Balaban J connectivity index is 2.01. The van der Waals surface area contributed by atoms with Gasteiger partial charge in [-0.2, -0.15) is 0 Å². The molecule has 0 aliphatic heterocycles. The fourth-order valence-electron chi connectivity index (χ4n) is 1.90. The second-order valence-electron chi connectivity index (χ2n) is 4.26. The van der Waals surface area contributed by atoms with Gasteiger partial charge in [0.2, 0.25) is 0 Å². The lowest BCUT2D eigenvalue weighted by atomic mass is 10.1. The molecule has 0 amide bonds. The van der Waals surface area contributed by atoms with E-state index in [1.165, 1.54) is 6.33 Å². The van der Waals surface area contributed by atoms with E-state index in [1.807, 2.05) is 19.1 Å². The van der Waals surface area contributed by atoms with Crippen LogP contribution >= 0.6 is 34.8 Å². The average molecular weight is 331 g/mol. The van der Waals surface area contributed by atoms with Crippen LogP contribution in [-0.2, 0) is 12.8 Å². The molecule has 6 heteroatoms. The monoisotopic (exact) mass is 329 g/mol. The maximum absolute atomic E-state index is 6.14. The highest BCUT2D eigenvalue weighted by atomic mass is 35.5. The SMILES string of the molecule is CCc1c(Cl)ncnc1NCCc1ccc(Cl)cc1Cl. The highest BCUT2D eigenvalue weighted by Gasteiger charge is 2.08. The Labute approximate surface area is 133 Å². The van der Waals surface area contributed by atoms with Crippen molar-refractivity contribution in [2.75, 3.05) is 11.9 Å². The highest BCUT2D eigenvalue weighted by molar-refractivity contribution is 6.35. The van der Waals surface area contributed by atoms with Crippen LogP contribution in [0.4, 0.5) is 5.82 Å². The van der Waals surface area contributed by atoms with Crippen molar-refractivity contribution in [2.45, 2.75) is 19.8 Å². The molecule has 0 radical (unpaired) electrons. The molecule has 1 aromatic carbocycles. The van der Waals surface area contributed by atoms with Gasteiger partial charge in [0, 0.05) is 22.2 Å². The summed E-state index contributed by atoms with van der Waals surface area (Å²) < 4.78 is 0. The lowest BCUT2D eigenvalue weighted by Crippen LogP contribution is -2.09. The van der Waals surface area contributed by atoms with Crippen LogP contribution in [0.25, 0.3) is 0 Å². The molecule has 0 aliphatic rings. The lowest BCUT2D eigenvalue weighted by molar-refractivity contribution is 0.973. The number of benzene rings is 1. The average Bonchev–Trinajstić information content (AvgIpc) is 2.41. The maximum Gasteiger partial charge on any atom is 0.137 e. The molecule has 20 heavy (non-hydrogen) atoms. The molecule has 1 N–H and O–H groups in total. The van der Waals surface area contributed by atoms with E-state index in [0.717, 1.165) is 29.8 Å². The van der Waals surface area contributed by atoms with Gasteiger partial charge >= 0.3 is 0 Å². The largest absolute Gasteiger partial charge is 0.369 e. The Morgan fingerprint density at radius 2 is 1.95 bits per heavy atom. The van der Waals surface area contributed by atoms with Crippen molar-refractivity contribution in [1.82, 2.24) is 9.97 Å². The van der Waals surface area contributed by atoms with Gasteiger partial charge in [-0.3, -0.25) is 0 Å². The summed E-state index contributed by atoms with van der Waals surface area (Å²) in [6, 6.07) is 5.51. The molecule has 0 fully saturated rings. The van der Waals surface area contributed by atoms with Crippen molar-refractivity contribution < 1.29 is 0 Å². The Hall–Kier alpha value is -1.03. The number of rotatable bonds is 5. The molecule has 3 nitrogen and oxygen atoms in total. The zero-order chi connectivity index (χ0) is 14.5. The van der Waals surface area contributed by atoms with Gasteiger partial charge in [-0.05, 0) is 30.5 Å². The summed E-state index contributed by atoms with van der Waals surface area (Å²) in [5, 5.41) is 5.08. The third-order valence-corrected chi connectivity index (χ3v) is 3.86. The minimum atomic E-state index is 0.495. The summed E-state index contributed by atoms with van der Waals surface area (Å²) in [6.45, 7) is 2.73. The van der Waals surface area contributed by atoms with Gasteiger partial charge < -0.3 is 5.32 Å². The van der Waals surface area contributed by atoms with Crippen LogP contribution in [0.15, 0.2) is 24.5 Å². The van der Waals surface area contributed by atoms with Crippen molar-refractivity contribution >= 4 is 40.6 Å². The number of halogens is 3. The smallest absolute Gasteiger partial charge is 0.137 e. The van der Waals surface area contributed by atoms with Gasteiger partial charge in [-0.25, -0.2) is 9.97 Å². The molecule has 0 saturated carbocycles. The molecule has 0 saturated heterocycles. The minimum Gasteiger partial charge on any atom is -0.369 e. The zero-order valence-corrected chi connectivity index (χ0v) is 13.2. The fourth-order valence-corrected chi connectivity index (χ4v) is 2.67. The topological polar surface area (TPSA) is 37.8 Å². The Bertz CT molecular complexity index is 602. The van der Waals surface area contributed by atoms with E-state index in [4.69, 9.17) is 34.8 Å². The highest BCUT2D eigenvalue weighted by Crippen LogP contribution is 2.22. The molecular formula is C14H14Cl3N3. The maximum atomic E-state index is 6.14. The van der Waals surface area contributed by atoms with Gasteiger partial charge in [0.25, 0.3) is 0 Å². The summed E-state index contributed by atoms with van der Waals surface area (Å²) in [6.07, 6.45) is 3.02. The van der Waals surface area contributed by atoms with E-state index in [9.17, 15) is 0 Å². The summed E-state index contributed by atoms with van der Waals surface area (Å²) in [5.74, 6) is 0.776. The predicted molar refractivity (Wildman–Crippen MR) is 85.1 cm³/mol. The Morgan fingerprint density at radius 3 is 2.65 bits per heavy atom. The third-order valence-electron chi connectivity index (χ3n) is 2.95. The summed E-state index contributed by atoms with van der Waals surface area (Å²) in [7, 11) is 0. The van der Waals surface area contributed by atoms with Crippen molar-refractivity contribution in [3.63, 3.8) is 0 Å². The molecule has 106 valence electrons. The first kappa shape index (κ1) is 15.4. The van der Waals surface area contributed by atoms with E-state index >= 15 is 0 Å². The van der Waals surface area contributed by atoms with Crippen molar-refractivity contribution in [2.24, 2.45) is 0 Å². The first-order chi connectivity index (χ1) is 9.61. The van der Waals surface area contributed by atoms with Crippen molar-refractivity contribution in [3.8, 4) is 0 Å². The van der Waals surface area contributed by atoms with Crippen LogP contribution in [0.2, 0.25) is 15.2 Å². The number of hydrogen-bond donors (Lipinski definition) is 1. The van der Waals surface area contributed by atoms with Crippen LogP contribution in [0.3, 0.4) is 0 Å². The second-order valence-corrected chi connectivity index (χ2v) is 5.46. The molecule has 2 aromatic rings. The molecule has 0 unspecified atom stereocenters. The molecule has 0 bridgehead atoms. The molecular weight excluding hydrogens is 317 g/mol. The predicted octanol–water partition coefficient (Wildman–Crippen LogP) is 4.65. The van der Waals surface area contributed by atoms with Gasteiger partial charge in [0.15, 0.2) is 0 Å². The number of nitrogens with one attached hydrogen (secondary N) is 1. The molecule has 0 atom stereocenters. The summed E-state index contributed by atoms with van der Waals surface area (Å²) >= 11 is 18.0. The normalized spacial score (nSPS) is 10.6. The second kappa shape index (κ2) is 7.11. The van der Waals surface area contributed by atoms with Crippen LogP contribution < -0.4 is 5.32 Å². The van der Waals surface area contributed by atoms with E-state index in [0.29, 0.717) is 21.7 Å². The van der Waals surface area contributed by atoms with Crippen LogP contribution in [0.1, 0.15) is 18.1 Å². The molecule has 0 aliphatic carbocycles. The van der Waals surface area contributed by atoms with E-state index in [2.05, 4.69) is 15.3 Å². The first-order valence-corrected chi connectivity index (χ1v) is 7.42. The summed E-state index contributed by atoms with van der Waals surface area (Å²) in [5.41, 5.74) is 1.97.